The fourth-order valence-electron chi connectivity index (χ4n) is 8.74. The minimum Gasteiger partial charge on any atom is -0.482 e. The molecular weight excluding hydrogens is 683 g/mol. The summed E-state index contributed by atoms with van der Waals surface area (Å²) < 4.78 is 12.1. The second kappa shape index (κ2) is 21.8. The minimum absolute atomic E-state index is 0.0403. The zero-order valence-corrected chi connectivity index (χ0v) is 32.0. The van der Waals surface area contributed by atoms with Crippen LogP contribution in [0.3, 0.4) is 0 Å². The summed E-state index contributed by atoms with van der Waals surface area (Å²) in [5.74, 6) is -1.34. The van der Waals surface area contributed by atoms with Crippen LogP contribution in [0.2, 0.25) is 0 Å². The number of rotatable bonds is 22. The summed E-state index contributed by atoms with van der Waals surface area (Å²) in [6.45, 7) is 2.21. The molecule has 4 rings (SSSR count). The lowest BCUT2D eigenvalue weighted by Gasteiger charge is -2.34. The van der Waals surface area contributed by atoms with Crippen molar-refractivity contribution in [1.29, 1.82) is 0 Å². The van der Waals surface area contributed by atoms with Gasteiger partial charge in [-0.15, -0.1) is 0 Å². The third-order valence-corrected chi connectivity index (χ3v) is 11.9. The van der Waals surface area contributed by atoms with Crippen molar-refractivity contribution in [1.82, 2.24) is 10.6 Å². The number of unbranched alkanes of at least 4 members (excludes halogenated alkanes) is 5. The van der Waals surface area contributed by atoms with Gasteiger partial charge in [0.05, 0.1) is 17.9 Å². The van der Waals surface area contributed by atoms with Crippen LogP contribution in [0.4, 0.5) is 0 Å². The maximum absolute atomic E-state index is 14.1. The van der Waals surface area contributed by atoms with Crippen molar-refractivity contribution in [2.45, 2.75) is 134 Å². The summed E-state index contributed by atoms with van der Waals surface area (Å²) in [5, 5.41) is 25.8. The van der Waals surface area contributed by atoms with E-state index in [0.29, 0.717) is 44.4 Å². The van der Waals surface area contributed by atoms with Crippen molar-refractivity contribution in [3.63, 3.8) is 0 Å². The number of carboxylic acids is 1. The SMILES string of the molecule is CCCCCC(O)CCC1C(OC(=O)C2CCCCC2C(=O)NC(CN)C(=O)NCCCCCCS)CC2Cc3c(cccc3OCC(=O)O)CC21. The Bertz CT molecular complexity index is 1310. The molecule has 8 unspecified atom stereocenters. The van der Waals surface area contributed by atoms with E-state index in [1.165, 1.54) is 0 Å². The van der Waals surface area contributed by atoms with E-state index in [1.54, 1.807) is 0 Å². The molecule has 8 atom stereocenters. The highest BCUT2D eigenvalue weighted by atomic mass is 32.1. The van der Waals surface area contributed by atoms with Crippen LogP contribution < -0.4 is 21.1 Å². The van der Waals surface area contributed by atoms with Gasteiger partial charge in [0, 0.05) is 13.1 Å². The molecule has 0 saturated heterocycles. The number of thiol groups is 1. The Kier molecular flexibility index (Phi) is 17.5. The molecule has 292 valence electrons. The highest BCUT2D eigenvalue weighted by molar-refractivity contribution is 7.80. The van der Waals surface area contributed by atoms with E-state index in [-0.39, 0.29) is 48.2 Å². The van der Waals surface area contributed by atoms with Crippen LogP contribution in [-0.4, -0.2) is 77.7 Å². The average Bonchev–Trinajstić information content (AvgIpc) is 3.47. The second-order valence-electron chi connectivity index (χ2n) is 15.2. The highest BCUT2D eigenvalue weighted by Gasteiger charge is 2.48. The Balaban J connectivity index is 1.43. The van der Waals surface area contributed by atoms with Crippen LogP contribution in [0.5, 0.6) is 5.75 Å². The number of carboxylic acid groups (broad SMARTS) is 1. The van der Waals surface area contributed by atoms with Gasteiger partial charge in [-0.25, -0.2) is 4.79 Å². The van der Waals surface area contributed by atoms with E-state index in [2.05, 4.69) is 36.3 Å². The van der Waals surface area contributed by atoms with Gasteiger partial charge < -0.3 is 36.1 Å². The number of esters is 1. The molecule has 2 fully saturated rings. The van der Waals surface area contributed by atoms with Crippen LogP contribution in [0.15, 0.2) is 18.2 Å². The number of aliphatic hydroxyl groups excluding tert-OH is 1. The van der Waals surface area contributed by atoms with Gasteiger partial charge in [-0.1, -0.05) is 64.0 Å². The summed E-state index contributed by atoms with van der Waals surface area (Å²) in [7, 11) is 0. The third kappa shape index (κ3) is 12.1. The van der Waals surface area contributed by atoms with Crippen LogP contribution in [0.25, 0.3) is 0 Å². The summed E-state index contributed by atoms with van der Waals surface area (Å²) in [4.78, 5) is 51.8. The molecule has 2 saturated carbocycles. The molecule has 0 aliphatic heterocycles. The number of benzene rings is 1. The Morgan fingerprint density at radius 1 is 1.00 bits per heavy atom. The van der Waals surface area contributed by atoms with Gasteiger partial charge in [0.25, 0.3) is 0 Å². The van der Waals surface area contributed by atoms with Gasteiger partial charge in [0.1, 0.15) is 17.9 Å². The smallest absolute Gasteiger partial charge is 0.341 e. The number of fused-ring (bicyclic) bond motifs is 2. The Labute approximate surface area is 315 Å². The number of hydrogen-bond acceptors (Lipinski definition) is 9. The Hall–Kier alpha value is -2.83. The Morgan fingerprint density at radius 2 is 1.77 bits per heavy atom. The van der Waals surface area contributed by atoms with Crippen molar-refractivity contribution in [2.75, 3.05) is 25.4 Å². The number of hydrogen-bond donors (Lipinski definition) is 6. The summed E-state index contributed by atoms with van der Waals surface area (Å²) in [5.41, 5.74) is 8.07. The van der Waals surface area contributed by atoms with Gasteiger partial charge in [-0.05, 0) is 105 Å². The van der Waals surface area contributed by atoms with Crippen molar-refractivity contribution < 1.29 is 38.9 Å². The van der Waals surface area contributed by atoms with E-state index in [0.717, 1.165) is 93.9 Å². The maximum atomic E-state index is 14.1. The fraction of sp³-hybridized carbons (Fsp3) is 0.750. The maximum Gasteiger partial charge on any atom is 0.341 e. The first kappa shape index (κ1) is 41.9. The number of nitrogens with one attached hydrogen (secondary N) is 2. The van der Waals surface area contributed by atoms with Crippen LogP contribution in [-0.2, 0) is 36.8 Å². The van der Waals surface area contributed by atoms with E-state index >= 15 is 0 Å². The zero-order valence-electron chi connectivity index (χ0n) is 31.1. The first-order valence-corrected chi connectivity index (χ1v) is 20.5. The summed E-state index contributed by atoms with van der Waals surface area (Å²) in [6, 6.07) is 4.91. The first-order chi connectivity index (χ1) is 25.2. The lowest BCUT2D eigenvalue weighted by molar-refractivity contribution is -0.162. The van der Waals surface area contributed by atoms with Crippen LogP contribution in [0.1, 0.15) is 114 Å². The van der Waals surface area contributed by atoms with Crippen molar-refractivity contribution in [3.05, 3.63) is 29.3 Å². The molecule has 0 aromatic heterocycles. The Morgan fingerprint density at radius 3 is 2.50 bits per heavy atom. The molecule has 0 heterocycles. The first-order valence-electron chi connectivity index (χ1n) is 19.9. The van der Waals surface area contributed by atoms with E-state index in [1.807, 2.05) is 12.1 Å². The van der Waals surface area contributed by atoms with E-state index < -0.39 is 36.6 Å². The molecule has 0 radical (unpaired) electrons. The number of amides is 2. The van der Waals surface area contributed by atoms with Crippen molar-refractivity contribution in [3.8, 4) is 5.75 Å². The molecule has 0 bridgehead atoms. The third-order valence-electron chi connectivity index (χ3n) is 11.6. The lowest BCUT2D eigenvalue weighted by Crippen LogP contribution is -2.53. The molecule has 6 N–H and O–H groups in total. The number of carbonyl (C=O) groups excluding carboxylic acids is 3. The summed E-state index contributed by atoms with van der Waals surface area (Å²) in [6.07, 6.45) is 13.2. The minimum atomic E-state index is -1.03. The monoisotopic (exact) mass is 745 g/mol. The molecule has 1 aromatic carbocycles. The topological polar surface area (TPSA) is 177 Å². The highest BCUT2D eigenvalue weighted by Crippen LogP contribution is 2.50. The molecular formula is C40H63N3O8S. The van der Waals surface area contributed by atoms with Gasteiger partial charge >= 0.3 is 11.9 Å². The van der Waals surface area contributed by atoms with E-state index in [4.69, 9.17) is 15.2 Å². The number of ether oxygens (including phenoxy) is 2. The van der Waals surface area contributed by atoms with Gasteiger partial charge in [-0.2, -0.15) is 12.6 Å². The summed E-state index contributed by atoms with van der Waals surface area (Å²) >= 11 is 4.23. The molecule has 1 aromatic rings. The van der Waals surface area contributed by atoms with E-state index in [9.17, 15) is 29.4 Å². The lowest BCUT2D eigenvalue weighted by atomic mass is 9.73. The molecule has 52 heavy (non-hydrogen) atoms. The molecule has 3 aliphatic carbocycles. The largest absolute Gasteiger partial charge is 0.482 e. The van der Waals surface area contributed by atoms with Gasteiger partial charge in [0.2, 0.25) is 11.8 Å². The number of aliphatic carboxylic acids is 1. The number of aliphatic hydroxyl groups is 1. The van der Waals surface area contributed by atoms with Gasteiger partial charge in [0.15, 0.2) is 6.61 Å². The van der Waals surface area contributed by atoms with Crippen LogP contribution >= 0.6 is 12.6 Å². The predicted molar refractivity (Wildman–Crippen MR) is 203 cm³/mol. The quantitative estimate of drug-likeness (QED) is 0.0543. The molecule has 0 spiro atoms. The molecule has 11 nitrogen and oxygen atoms in total. The average molecular weight is 746 g/mol. The second-order valence-corrected chi connectivity index (χ2v) is 15.7. The normalized spacial score (nSPS) is 24.9. The van der Waals surface area contributed by atoms with Crippen molar-refractivity contribution >= 4 is 36.4 Å². The zero-order chi connectivity index (χ0) is 37.5. The van der Waals surface area contributed by atoms with Gasteiger partial charge in [-0.3, -0.25) is 14.4 Å². The standard InChI is InChI=1S/C40H63N3O8S/c1-2-3-6-13-28(44)17-18-29-32-21-26-12-11-16-35(50-25-37(45)46)33(26)22-27(32)23-36(29)51-40(49)31-15-8-7-14-30(31)38(47)43-34(24-41)39(48)42-19-9-4-5-10-20-52/h11-12,16,27-32,34,36,44,52H,2-10,13-15,17-25,41H2,1H3,(H,42,48)(H,43,47)(H,45,46). The number of carbonyl (C=O) groups is 4. The van der Waals surface area contributed by atoms with Crippen molar-refractivity contribution in [2.24, 2.45) is 35.3 Å². The predicted octanol–water partition coefficient (Wildman–Crippen LogP) is 4.99. The fourth-order valence-corrected chi connectivity index (χ4v) is 8.97. The number of nitrogens with two attached hydrogens (primary N) is 1. The molecule has 2 amide bonds. The molecule has 12 heteroatoms. The van der Waals surface area contributed by atoms with Crippen LogP contribution in [0, 0.1) is 29.6 Å². The molecule has 3 aliphatic rings.